The van der Waals surface area contributed by atoms with Crippen molar-refractivity contribution in [2.24, 2.45) is 0 Å². The summed E-state index contributed by atoms with van der Waals surface area (Å²) in [5.41, 5.74) is 2.43. The molecule has 1 amide bonds. The van der Waals surface area contributed by atoms with Crippen molar-refractivity contribution >= 4 is 6.03 Å². The zero-order valence-electron chi connectivity index (χ0n) is 14.5. The van der Waals surface area contributed by atoms with Crippen LogP contribution in [0.2, 0.25) is 0 Å². The molecule has 0 saturated heterocycles. The predicted molar refractivity (Wildman–Crippen MR) is 90.9 cm³/mol. The lowest BCUT2D eigenvalue weighted by atomic mass is 10.2. The second-order valence-electron chi connectivity index (χ2n) is 5.92. The van der Waals surface area contributed by atoms with Crippen molar-refractivity contribution in [3.05, 3.63) is 57.8 Å². The number of aryl methyl sites for hydroxylation is 1. The van der Waals surface area contributed by atoms with Crippen LogP contribution >= 0.6 is 0 Å². The van der Waals surface area contributed by atoms with Gasteiger partial charge in [-0.2, -0.15) is 9.78 Å². The molecule has 0 aliphatic heterocycles. The van der Waals surface area contributed by atoms with Crippen LogP contribution < -0.4 is 5.69 Å². The molecule has 25 heavy (non-hydrogen) atoms. The van der Waals surface area contributed by atoms with Crippen LogP contribution in [0.3, 0.4) is 0 Å². The van der Waals surface area contributed by atoms with Crippen LogP contribution in [0.15, 0.2) is 35.1 Å². The molecule has 9 nitrogen and oxygen atoms in total. The van der Waals surface area contributed by atoms with E-state index in [9.17, 15) is 9.59 Å². The molecule has 0 radical (unpaired) electrons. The van der Waals surface area contributed by atoms with Gasteiger partial charge in [0.1, 0.15) is 5.69 Å². The Labute approximate surface area is 144 Å². The Morgan fingerprint density at radius 2 is 1.80 bits per heavy atom. The van der Waals surface area contributed by atoms with Crippen LogP contribution in [0.4, 0.5) is 4.79 Å². The zero-order valence-corrected chi connectivity index (χ0v) is 14.5. The summed E-state index contributed by atoms with van der Waals surface area (Å²) in [5, 5.41) is 12.0. The number of amides is 1. The molecule has 0 N–H and O–H groups in total. The number of hydrogen-bond acceptors (Lipinski definition) is 5. The summed E-state index contributed by atoms with van der Waals surface area (Å²) in [6, 6.07) is 9.34. The molecule has 130 valence electrons. The topological polar surface area (TPSA) is 90.8 Å². The van der Waals surface area contributed by atoms with Crippen LogP contribution in [0, 0.1) is 13.8 Å². The lowest BCUT2D eigenvalue weighted by Crippen LogP contribution is -2.36. The monoisotopic (exact) mass is 341 g/mol. The average molecular weight is 341 g/mol. The molecule has 9 heteroatoms. The molecule has 0 aliphatic carbocycles. The standard InChI is InChI=1S/C16H19N7O2/c1-11-14(22-16(25)23(19-18-22)15(24)20(3)4)12(2)21(17-11)10-13-8-6-5-7-9-13/h5-9H,10H2,1-4H3. The molecule has 0 spiro atoms. The van der Waals surface area contributed by atoms with Gasteiger partial charge in [-0.05, 0) is 29.8 Å². The molecular weight excluding hydrogens is 322 g/mol. The Morgan fingerprint density at radius 1 is 1.12 bits per heavy atom. The van der Waals surface area contributed by atoms with Gasteiger partial charge < -0.3 is 4.90 Å². The minimum absolute atomic E-state index is 0.540. The Hall–Kier alpha value is -3.23. The minimum Gasteiger partial charge on any atom is -0.329 e. The van der Waals surface area contributed by atoms with E-state index in [4.69, 9.17) is 0 Å². The van der Waals surface area contributed by atoms with Crippen LogP contribution in [-0.2, 0) is 6.54 Å². The average Bonchev–Trinajstić information content (AvgIpc) is 3.08. The van der Waals surface area contributed by atoms with E-state index < -0.39 is 11.7 Å². The fraction of sp³-hybridized carbons (Fsp3) is 0.312. The van der Waals surface area contributed by atoms with Gasteiger partial charge in [0.25, 0.3) is 0 Å². The summed E-state index contributed by atoms with van der Waals surface area (Å²) < 4.78 is 3.65. The van der Waals surface area contributed by atoms with E-state index in [2.05, 4.69) is 15.5 Å². The molecule has 0 fully saturated rings. The van der Waals surface area contributed by atoms with Crippen LogP contribution in [-0.4, -0.2) is 54.6 Å². The van der Waals surface area contributed by atoms with Crippen LogP contribution in [0.5, 0.6) is 0 Å². The van der Waals surface area contributed by atoms with Crippen LogP contribution in [0.1, 0.15) is 17.0 Å². The first-order chi connectivity index (χ1) is 11.9. The van der Waals surface area contributed by atoms with Gasteiger partial charge in [-0.3, -0.25) is 4.68 Å². The Kier molecular flexibility index (Phi) is 4.22. The summed E-state index contributed by atoms with van der Waals surface area (Å²) >= 11 is 0. The highest BCUT2D eigenvalue weighted by molar-refractivity contribution is 5.74. The van der Waals surface area contributed by atoms with Gasteiger partial charge in [0, 0.05) is 14.1 Å². The number of hydrogen-bond donors (Lipinski definition) is 0. The number of carbonyl (C=O) groups is 1. The van der Waals surface area contributed by atoms with Gasteiger partial charge in [0.15, 0.2) is 0 Å². The quantitative estimate of drug-likeness (QED) is 0.658. The number of tetrazole rings is 1. The molecule has 0 unspecified atom stereocenters. The highest BCUT2D eigenvalue weighted by Gasteiger charge is 2.21. The maximum atomic E-state index is 12.5. The molecule has 2 heterocycles. The van der Waals surface area contributed by atoms with Gasteiger partial charge in [0.05, 0.1) is 17.9 Å². The summed E-state index contributed by atoms with van der Waals surface area (Å²) in [7, 11) is 3.09. The third-order valence-electron chi connectivity index (χ3n) is 3.88. The van der Waals surface area contributed by atoms with Gasteiger partial charge in [-0.1, -0.05) is 30.3 Å². The Morgan fingerprint density at radius 3 is 2.44 bits per heavy atom. The molecule has 2 aromatic heterocycles. The van der Waals surface area contributed by atoms with Gasteiger partial charge in [-0.15, -0.1) is 4.68 Å². The first kappa shape index (κ1) is 16.6. The number of aromatic nitrogens is 6. The Balaban J connectivity index is 2.02. The lowest BCUT2D eigenvalue weighted by Gasteiger charge is -2.07. The SMILES string of the molecule is Cc1nn(Cc2ccccc2)c(C)c1-n1nnn(C(=O)N(C)C)c1=O. The van der Waals surface area contributed by atoms with Crippen molar-refractivity contribution in [2.75, 3.05) is 14.1 Å². The highest BCUT2D eigenvalue weighted by atomic mass is 16.2. The molecule has 0 atom stereocenters. The fourth-order valence-electron chi connectivity index (χ4n) is 2.60. The summed E-state index contributed by atoms with van der Waals surface area (Å²) in [6.07, 6.45) is 0. The number of benzene rings is 1. The second-order valence-corrected chi connectivity index (χ2v) is 5.92. The first-order valence-corrected chi connectivity index (χ1v) is 7.75. The largest absolute Gasteiger partial charge is 0.377 e. The third-order valence-corrected chi connectivity index (χ3v) is 3.88. The maximum Gasteiger partial charge on any atom is 0.377 e. The van der Waals surface area contributed by atoms with E-state index in [0.717, 1.165) is 20.6 Å². The highest BCUT2D eigenvalue weighted by Crippen LogP contribution is 2.17. The number of carbonyl (C=O) groups excluding carboxylic acids is 1. The smallest absolute Gasteiger partial charge is 0.329 e. The van der Waals surface area contributed by atoms with E-state index in [0.29, 0.717) is 17.9 Å². The maximum absolute atomic E-state index is 12.5. The first-order valence-electron chi connectivity index (χ1n) is 7.75. The Bertz CT molecular complexity index is 966. The van der Waals surface area contributed by atoms with Gasteiger partial charge >= 0.3 is 11.7 Å². The summed E-state index contributed by atoms with van der Waals surface area (Å²) in [5.74, 6) is 0. The number of nitrogens with zero attached hydrogens (tertiary/aromatic N) is 7. The fourth-order valence-corrected chi connectivity index (χ4v) is 2.60. The van der Waals surface area contributed by atoms with E-state index >= 15 is 0 Å². The molecular formula is C16H19N7O2. The summed E-state index contributed by atoms with van der Waals surface area (Å²) in [6.45, 7) is 4.23. The van der Waals surface area contributed by atoms with E-state index in [1.165, 1.54) is 4.90 Å². The van der Waals surface area contributed by atoms with Gasteiger partial charge in [-0.25, -0.2) is 9.59 Å². The van der Waals surface area contributed by atoms with Crippen molar-refractivity contribution in [1.82, 2.24) is 34.5 Å². The molecule has 3 aromatic rings. The van der Waals surface area contributed by atoms with Crippen molar-refractivity contribution in [1.29, 1.82) is 0 Å². The predicted octanol–water partition coefficient (Wildman–Crippen LogP) is 0.820. The second kappa shape index (κ2) is 6.34. The van der Waals surface area contributed by atoms with E-state index in [1.807, 2.05) is 37.3 Å². The van der Waals surface area contributed by atoms with Crippen LogP contribution in [0.25, 0.3) is 5.69 Å². The van der Waals surface area contributed by atoms with E-state index in [1.54, 1.807) is 25.7 Å². The van der Waals surface area contributed by atoms with Crippen molar-refractivity contribution in [3.63, 3.8) is 0 Å². The van der Waals surface area contributed by atoms with Crippen molar-refractivity contribution in [2.45, 2.75) is 20.4 Å². The third kappa shape index (κ3) is 2.95. The minimum atomic E-state index is -0.621. The molecule has 0 aliphatic rings. The normalized spacial score (nSPS) is 10.9. The molecule has 1 aromatic carbocycles. The number of rotatable bonds is 3. The van der Waals surface area contributed by atoms with Gasteiger partial charge in [0.2, 0.25) is 0 Å². The van der Waals surface area contributed by atoms with Crippen molar-refractivity contribution in [3.8, 4) is 5.69 Å². The molecule has 3 rings (SSSR count). The lowest BCUT2D eigenvalue weighted by molar-refractivity contribution is 0.214. The molecule has 0 saturated carbocycles. The molecule has 0 bridgehead atoms. The van der Waals surface area contributed by atoms with E-state index in [-0.39, 0.29) is 0 Å². The summed E-state index contributed by atoms with van der Waals surface area (Å²) in [4.78, 5) is 25.7. The zero-order chi connectivity index (χ0) is 18.1. The van der Waals surface area contributed by atoms with Crippen molar-refractivity contribution < 1.29 is 4.79 Å².